The molecule has 0 unspecified atom stereocenters. The third kappa shape index (κ3) is 4.23. The highest BCUT2D eigenvalue weighted by Gasteiger charge is 2.14. The summed E-state index contributed by atoms with van der Waals surface area (Å²) in [6.45, 7) is 2.38. The van der Waals surface area contributed by atoms with Gasteiger partial charge in [-0.25, -0.2) is 19.3 Å². The number of fused-ring (bicyclic) bond motifs is 2. The summed E-state index contributed by atoms with van der Waals surface area (Å²) >= 11 is 0. The molecule has 0 fully saturated rings. The molecule has 0 aliphatic heterocycles. The van der Waals surface area contributed by atoms with E-state index < -0.39 is 0 Å². The lowest BCUT2D eigenvalue weighted by Crippen LogP contribution is -2.24. The molecule has 5 aromatic rings. The van der Waals surface area contributed by atoms with Gasteiger partial charge in [0.15, 0.2) is 5.82 Å². The molecule has 0 aliphatic carbocycles. The Balaban J connectivity index is 1.40. The monoisotopic (exact) mass is 440 g/mol. The number of rotatable bonds is 6. The van der Waals surface area contributed by atoms with Crippen LogP contribution in [-0.2, 0) is 13.1 Å². The SMILES string of the molecule is Cc1cccc2c(NCc3ccccc3F)nc(CNC(=O)c3cn4ccccc4n3)nc12. The van der Waals surface area contributed by atoms with Crippen LogP contribution >= 0.6 is 0 Å². The van der Waals surface area contributed by atoms with Gasteiger partial charge in [0.2, 0.25) is 0 Å². The van der Waals surface area contributed by atoms with E-state index in [1.165, 1.54) is 6.07 Å². The molecule has 1 amide bonds. The number of nitrogens with one attached hydrogen (secondary N) is 2. The quantitative estimate of drug-likeness (QED) is 0.412. The molecule has 0 saturated heterocycles. The van der Waals surface area contributed by atoms with Crippen LogP contribution in [0.25, 0.3) is 16.6 Å². The summed E-state index contributed by atoms with van der Waals surface area (Å²) < 4.78 is 15.9. The van der Waals surface area contributed by atoms with Crippen molar-refractivity contribution in [3.8, 4) is 0 Å². The van der Waals surface area contributed by atoms with E-state index in [0.29, 0.717) is 28.5 Å². The van der Waals surface area contributed by atoms with E-state index in [1.54, 1.807) is 28.8 Å². The lowest BCUT2D eigenvalue weighted by atomic mass is 10.1. The van der Waals surface area contributed by atoms with Gasteiger partial charge in [0.1, 0.15) is 23.0 Å². The molecule has 8 heteroatoms. The maximum Gasteiger partial charge on any atom is 0.271 e. The molecule has 5 rings (SSSR count). The number of para-hydroxylation sites is 1. The third-order valence-corrected chi connectivity index (χ3v) is 5.38. The molecular formula is C25H21FN6O. The van der Waals surface area contributed by atoms with E-state index in [-0.39, 0.29) is 24.8 Å². The van der Waals surface area contributed by atoms with Gasteiger partial charge < -0.3 is 15.0 Å². The fourth-order valence-electron chi connectivity index (χ4n) is 3.67. The Hall–Kier alpha value is -4.33. The summed E-state index contributed by atoms with van der Waals surface area (Å²) in [6.07, 6.45) is 3.51. The van der Waals surface area contributed by atoms with Crippen LogP contribution < -0.4 is 10.6 Å². The van der Waals surface area contributed by atoms with Gasteiger partial charge in [-0.3, -0.25) is 4.79 Å². The topological polar surface area (TPSA) is 84.2 Å². The van der Waals surface area contributed by atoms with Crippen molar-refractivity contribution >= 4 is 28.3 Å². The van der Waals surface area contributed by atoms with Crippen molar-refractivity contribution in [3.63, 3.8) is 0 Å². The van der Waals surface area contributed by atoms with E-state index in [0.717, 1.165) is 16.5 Å². The van der Waals surface area contributed by atoms with Gasteiger partial charge in [0.25, 0.3) is 5.91 Å². The standard InChI is InChI=1S/C25H21FN6O/c1-16-7-6-9-18-23(16)30-21(31-24(18)27-13-17-8-2-3-10-19(17)26)14-28-25(33)20-15-32-12-5-4-11-22(32)29-20/h2-12,15H,13-14H2,1H3,(H,28,33)(H,27,30,31). The van der Waals surface area contributed by atoms with Crippen LogP contribution in [-0.4, -0.2) is 25.3 Å². The van der Waals surface area contributed by atoms with Crippen LogP contribution in [0.2, 0.25) is 0 Å². The molecule has 0 radical (unpaired) electrons. The number of hydrogen-bond acceptors (Lipinski definition) is 5. The zero-order valence-electron chi connectivity index (χ0n) is 17.9. The second-order valence-electron chi connectivity index (χ2n) is 7.68. The number of aryl methyl sites for hydroxylation is 1. The molecule has 33 heavy (non-hydrogen) atoms. The third-order valence-electron chi connectivity index (χ3n) is 5.38. The van der Waals surface area contributed by atoms with Crippen molar-refractivity contribution < 1.29 is 9.18 Å². The molecule has 3 aromatic heterocycles. The second-order valence-corrected chi connectivity index (χ2v) is 7.68. The molecular weight excluding hydrogens is 419 g/mol. The van der Waals surface area contributed by atoms with E-state index in [4.69, 9.17) is 0 Å². The number of pyridine rings is 1. The minimum Gasteiger partial charge on any atom is -0.365 e. The fourth-order valence-corrected chi connectivity index (χ4v) is 3.67. The number of nitrogens with zero attached hydrogens (tertiary/aromatic N) is 4. The zero-order valence-corrected chi connectivity index (χ0v) is 17.9. The van der Waals surface area contributed by atoms with Crippen molar-refractivity contribution in [1.82, 2.24) is 24.7 Å². The van der Waals surface area contributed by atoms with Crippen molar-refractivity contribution in [1.29, 1.82) is 0 Å². The van der Waals surface area contributed by atoms with Crippen LogP contribution in [0.1, 0.15) is 27.4 Å². The van der Waals surface area contributed by atoms with E-state index in [9.17, 15) is 9.18 Å². The van der Waals surface area contributed by atoms with Crippen LogP contribution in [0.3, 0.4) is 0 Å². The smallest absolute Gasteiger partial charge is 0.271 e. The highest BCUT2D eigenvalue weighted by Crippen LogP contribution is 2.24. The minimum atomic E-state index is -0.312. The minimum absolute atomic E-state index is 0.130. The van der Waals surface area contributed by atoms with Gasteiger partial charge in [-0.1, -0.05) is 36.4 Å². The summed E-state index contributed by atoms with van der Waals surface area (Å²) in [5.74, 6) is 0.446. The summed E-state index contributed by atoms with van der Waals surface area (Å²) in [4.78, 5) is 26.3. The van der Waals surface area contributed by atoms with E-state index in [1.807, 2.05) is 49.5 Å². The number of anilines is 1. The maximum atomic E-state index is 14.1. The Kier molecular flexibility index (Phi) is 5.40. The summed E-state index contributed by atoms with van der Waals surface area (Å²) in [7, 11) is 0. The predicted octanol–water partition coefficient (Wildman–Crippen LogP) is 4.27. The molecule has 0 bridgehead atoms. The maximum absolute atomic E-state index is 14.1. The molecule has 164 valence electrons. The van der Waals surface area contributed by atoms with E-state index >= 15 is 0 Å². The van der Waals surface area contributed by atoms with Gasteiger partial charge >= 0.3 is 0 Å². The molecule has 3 heterocycles. The Labute approximate surface area is 189 Å². The Morgan fingerprint density at radius 3 is 2.67 bits per heavy atom. The number of amides is 1. The zero-order chi connectivity index (χ0) is 22.8. The number of carbonyl (C=O) groups excluding carboxylic acids is 1. The van der Waals surface area contributed by atoms with Crippen LogP contribution in [0.4, 0.5) is 10.2 Å². The first-order valence-electron chi connectivity index (χ1n) is 10.5. The van der Waals surface area contributed by atoms with E-state index in [2.05, 4.69) is 25.6 Å². The highest BCUT2D eigenvalue weighted by molar-refractivity contribution is 5.93. The molecule has 0 spiro atoms. The van der Waals surface area contributed by atoms with Gasteiger partial charge in [0, 0.05) is 29.9 Å². The number of carbonyl (C=O) groups is 1. The Morgan fingerprint density at radius 2 is 1.82 bits per heavy atom. The predicted molar refractivity (Wildman–Crippen MR) is 124 cm³/mol. The first kappa shape index (κ1) is 20.6. The van der Waals surface area contributed by atoms with Gasteiger partial charge in [0.05, 0.1) is 12.1 Å². The first-order chi connectivity index (χ1) is 16.1. The highest BCUT2D eigenvalue weighted by atomic mass is 19.1. The molecule has 2 aromatic carbocycles. The van der Waals surface area contributed by atoms with Gasteiger partial charge in [-0.15, -0.1) is 0 Å². The van der Waals surface area contributed by atoms with Crippen molar-refractivity contribution in [2.45, 2.75) is 20.0 Å². The van der Waals surface area contributed by atoms with Crippen molar-refractivity contribution in [2.75, 3.05) is 5.32 Å². The summed E-state index contributed by atoms with van der Waals surface area (Å²) in [6, 6.07) is 18.0. The number of aromatic nitrogens is 4. The lowest BCUT2D eigenvalue weighted by molar-refractivity contribution is 0.0945. The lowest BCUT2D eigenvalue weighted by Gasteiger charge is -2.13. The molecule has 7 nitrogen and oxygen atoms in total. The number of hydrogen-bond donors (Lipinski definition) is 2. The van der Waals surface area contributed by atoms with Crippen LogP contribution in [0.15, 0.2) is 73.1 Å². The Morgan fingerprint density at radius 1 is 0.970 bits per heavy atom. The fraction of sp³-hybridized carbons (Fsp3) is 0.120. The molecule has 2 N–H and O–H groups in total. The number of halogens is 1. The molecule has 0 aliphatic rings. The van der Waals surface area contributed by atoms with Gasteiger partial charge in [-0.2, -0.15) is 0 Å². The molecule has 0 saturated carbocycles. The van der Waals surface area contributed by atoms with Crippen LogP contribution in [0.5, 0.6) is 0 Å². The van der Waals surface area contributed by atoms with Crippen LogP contribution in [0, 0.1) is 12.7 Å². The second kappa shape index (κ2) is 8.66. The number of benzene rings is 2. The van der Waals surface area contributed by atoms with Gasteiger partial charge in [-0.05, 0) is 36.8 Å². The summed E-state index contributed by atoms with van der Waals surface area (Å²) in [5.41, 5.74) is 3.31. The van der Waals surface area contributed by atoms with Crippen molar-refractivity contribution in [3.05, 3.63) is 102 Å². The van der Waals surface area contributed by atoms with Crippen molar-refractivity contribution in [2.24, 2.45) is 0 Å². The Bertz CT molecular complexity index is 1450. The average molecular weight is 440 g/mol. The normalized spacial score (nSPS) is 11.1. The first-order valence-corrected chi connectivity index (χ1v) is 10.5. The molecule has 0 atom stereocenters. The largest absolute Gasteiger partial charge is 0.365 e. The number of imidazole rings is 1. The summed E-state index contributed by atoms with van der Waals surface area (Å²) in [5, 5.41) is 6.91. The average Bonchev–Trinajstić information content (AvgIpc) is 3.27.